The number of aromatic nitrogens is 4. The number of anilines is 1. The van der Waals surface area contributed by atoms with E-state index in [9.17, 15) is 0 Å². The molecular weight excluding hydrogens is 288 g/mol. The van der Waals surface area contributed by atoms with Crippen molar-refractivity contribution >= 4 is 17.1 Å². The summed E-state index contributed by atoms with van der Waals surface area (Å²) >= 11 is 0. The number of imidazole rings is 1. The first-order chi connectivity index (χ1) is 11.3. The molecule has 0 saturated carbocycles. The van der Waals surface area contributed by atoms with Crippen LogP contribution in [0.25, 0.3) is 11.2 Å². The van der Waals surface area contributed by atoms with E-state index in [0.717, 1.165) is 49.8 Å². The molecule has 1 aliphatic rings. The smallest absolute Gasteiger partial charge is 0.207 e. The van der Waals surface area contributed by atoms with E-state index in [1.54, 1.807) is 0 Å². The van der Waals surface area contributed by atoms with Crippen molar-refractivity contribution in [2.45, 2.75) is 6.54 Å². The molecular formula is C17H20N6. The number of hydrogen-bond donors (Lipinski definition) is 0. The van der Waals surface area contributed by atoms with E-state index < -0.39 is 0 Å². The molecule has 3 aromatic rings. The number of nitrogens with zero attached hydrogens (tertiary/aromatic N) is 6. The minimum absolute atomic E-state index is 0.945. The average molecular weight is 308 g/mol. The summed E-state index contributed by atoms with van der Waals surface area (Å²) in [6, 6.07) is 8.09. The summed E-state index contributed by atoms with van der Waals surface area (Å²) in [4.78, 5) is 18.2. The lowest BCUT2D eigenvalue weighted by molar-refractivity contribution is 0.248. The largest absolute Gasteiger partial charge is 0.340 e. The lowest BCUT2D eigenvalue weighted by atomic mass is 10.2. The van der Waals surface area contributed by atoms with E-state index >= 15 is 0 Å². The van der Waals surface area contributed by atoms with E-state index in [-0.39, 0.29) is 0 Å². The molecule has 1 aliphatic heterocycles. The van der Waals surface area contributed by atoms with Gasteiger partial charge >= 0.3 is 0 Å². The fraction of sp³-hybridized carbons (Fsp3) is 0.353. The summed E-state index contributed by atoms with van der Waals surface area (Å²) in [6.07, 6.45) is 5.59. The summed E-state index contributed by atoms with van der Waals surface area (Å²) in [5.74, 6) is 1.01. The molecule has 0 aliphatic carbocycles. The maximum absolute atomic E-state index is 4.74. The SMILES string of the molecule is Cn1c(N2CCN(Cc3cccnc3)CC2)nc2cccnc21. The van der Waals surface area contributed by atoms with Crippen LogP contribution in [0.1, 0.15) is 5.56 Å². The van der Waals surface area contributed by atoms with Gasteiger partial charge in [-0.25, -0.2) is 9.97 Å². The topological polar surface area (TPSA) is 50.1 Å². The van der Waals surface area contributed by atoms with Gasteiger partial charge in [-0.3, -0.25) is 14.5 Å². The van der Waals surface area contributed by atoms with Crippen molar-refractivity contribution in [3.63, 3.8) is 0 Å². The summed E-state index contributed by atoms with van der Waals surface area (Å²) < 4.78 is 2.09. The summed E-state index contributed by atoms with van der Waals surface area (Å²) in [5.41, 5.74) is 3.18. The minimum Gasteiger partial charge on any atom is -0.340 e. The van der Waals surface area contributed by atoms with Crippen LogP contribution in [0.5, 0.6) is 0 Å². The molecule has 0 atom stereocenters. The Hall–Kier alpha value is -2.47. The van der Waals surface area contributed by atoms with E-state index in [2.05, 4.69) is 30.4 Å². The second kappa shape index (κ2) is 5.96. The Morgan fingerprint density at radius 3 is 2.61 bits per heavy atom. The van der Waals surface area contributed by atoms with Crippen LogP contribution < -0.4 is 4.90 Å². The van der Waals surface area contributed by atoms with Gasteiger partial charge in [-0.1, -0.05) is 6.07 Å². The molecule has 6 heteroatoms. The minimum atomic E-state index is 0.945. The Morgan fingerprint density at radius 2 is 1.87 bits per heavy atom. The standard InChI is InChI=1S/C17H20N6/c1-21-16-15(5-3-7-19-16)20-17(21)23-10-8-22(9-11-23)13-14-4-2-6-18-12-14/h2-7,12H,8-11,13H2,1H3. The molecule has 4 rings (SSSR count). The molecule has 0 radical (unpaired) electrons. The fourth-order valence-electron chi connectivity index (χ4n) is 3.15. The number of hydrogen-bond acceptors (Lipinski definition) is 5. The van der Waals surface area contributed by atoms with Crippen LogP contribution >= 0.6 is 0 Å². The van der Waals surface area contributed by atoms with E-state index in [1.165, 1.54) is 5.56 Å². The lowest BCUT2D eigenvalue weighted by Gasteiger charge is -2.35. The zero-order valence-corrected chi connectivity index (χ0v) is 13.3. The first-order valence-electron chi connectivity index (χ1n) is 7.95. The van der Waals surface area contributed by atoms with Crippen molar-refractivity contribution in [3.05, 3.63) is 48.4 Å². The Balaban J connectivity index is 1.45. The van der Waals surface area contributed by atoms with Crippen LogP contribution in [0.4, 0.5) is 5.95 Å². The quantitative estimate of drug-likeness (QED) is 0.737. The highest BCUT2D eigenvalue weighted by Gasteiger charge is 2.21. The molecule has 0 bridgehead atoms. The van der Waals surface area contributed by atoms with Gasteiger partial charge in [0.15, 0.2) is 5.65 Å². The first-order valence-corrected chi connectivity index (χ1v) is 7.95. The second-order valence-corrected chi connectivity index (χ2v) is 5.94. The molecule has 0 spiro atoms. The van der Waals surface area contributed by atoms with Crippen LogP contribution in [0.15, 0.2) is 42.9 Å². The predicted octanol–water partition coefficient (Wildman–Crippen LogP) is 1.69. The number of rotatable bonds is 3. The van der Waals surface area contributed by atoms with Crippen molar-refractivity contribution in [2.24, 2.45) is 7.05 Å². The third-order valence-corrected chi connectivity index (χ3v) is 4.39. The molecule has 118 valence electrons. The van der Waals surface area contributed by atoms with Gasteiger partial charge in [0, 0.05) is 58.4 Å². The van der Waals surface area contributed by atoms with Gasteiger partial charge in [-0.2, -0.15) is 0 Å². The third-order valence-electron chi connectivity index (χ3n) is 4.39. The summed E-state index contributed by atoms with van der Waals surface area (Å²) in [7, 11) is 2.04. The molecule has 0 amide bonds. The average Bonchev–Trinajstić information content (AvgIpc) is 2.94. The Labute approximate surface area is 135 Å². The normalized spacial score (nSPS) is 16.1. The monoisotopic (exact) mass is 308 g/mol. The van der Waals surface area contributed by atoms with Gasteiger partial charge in [0.05, 0.1) is 0 Å². The molecule has 3 aromatic heterocycles. The van der Waals surface area contributed by atoms with Gasteiger partial charge in [0.25, 0.3) is 0 Å². The molecule has 1 fully saturated rings. The maximum Gasteiger partial charge on any atom is 0.207 e. The van der Waals surface area contributed by atoms with Crippen molar-refractivity contribution in [1.29, 1.82) is 0 Å². The highest BCUT2D eigenvalue weighted by Crippen LogP contribution is 2.20. The molecule has 1 saturated heterocycles. The van der Waals surface area contributed by atoms with Crippen LogP contribution in [0, 0.1) is 0 Å². The van der Waals surface area contributed by atoms with Crippen molar-refractivity contribution in [1.82, 2.24) is 24.4 Å². The Kier molecular flexibility index (Phi) is 3.67. The highest BCUT2D eigenvalue weighted by molar-refractivity contribution is 5.74. The molecule has 0 unspecified atom stereocenters. The summed E-state index contributed by atoms with van der Waals surface area (Å²) in [5, 5.41) is 0. The van der Waals surface area contributed by atoms with Gasteiger partial charge in [0.1, 0.15) is 5.52 Å². The first kappa shape index (κ1) is 14.1. The maximum atomic E-state index is 4.74. The second-order valence-electron chi connectivity index (χ2n) is 5.94. The summed E-state index contributed by atoms with van der Waals surface area (Å²) in [6.45, 7) is 5.00. The van der Waals surface area contributed by atoms with Crippen LogP contribution in [0.2, 0.25) is 0 Å². The van der Waals surface area contributed by atoms with Crippen LogP contribution in [-0.4, -0.2) is 50.6 Å². The van der Waals surface area contributed by atoms with Crippen LogP contribution in [-0.2, 0) is 13.6 Å². The molecule has 6 nitrogen and oxygen atoms in total. The number of fused-ring (bicyclic) bond motifs is 1. The highest BCUT2D eigenvalue weighted by atomic mass is 15.4. The van der Waals surface area contributed by atoms with Crippen LogP contribution in [0.3, 0.4) is 0 Å². The number of piperazine rings is 1. The third kappa shape index (κ3) is 2.77. The van der Waals surface area contributed by atoms with E-state index in [1.807, 2.05) is 43.8 Å². The van der Waals surface area contributed by atoms with Crippen molar-refractivity contribution < 1.29 is 0 Å². The lowest BCUT2D eigenvalue weighted by Crippen LogP contribution is -2.46. The van der Waals surface area contributed by atoms with Gasteiger partial charge in [0.2, 0.25) is 5.95 Å². The van der Waals surface area contributed by atoms with Gasteiger partial charge < -0.3 is 4.90 Å². The van der Waals surface area contributed by atoms with E-state index in [4.69, 9.17) is 4.98 Å². The zero-order chi connectivity index (χ0) is 15.6. The van der Waals surface area contributed by atoms with E-state index in [0.29, 0.717) is 0 Å². The Morgan fingerprint density at radius 1 is 1.04 bits per heavy atom. The predicted molar refractivity (Wildman–Crippen MR) is 90.2 cm³/mol. The fourth-order valence-corrected chi connectivity index (χ4v) is 3.15. The molecule has 23 heavy (non-hydrogen) atoms. The number of pyridine rings is 2. The number of aryl methyl sites for hydroxylation is 1. The zero-order valence-electron chi connectivity index (χ0n) is 13.3. The molecule has 0 N–H and O–H groups in total. The molecule has 0 aromatic carbocycles. The van der Waals surface area contributed by atoms with Gasteiger partial charge in [-0.15, -0.1) is 0 Å². The van der Waals surface area contributed by atoms with Gasteiger partial charge in [-0.05, 0) is 23.8 Å². The Bertz CT molecular complexity index is 789. The van der Waals surface area contributed by atoms with Crippen molar-refractivity contribution in [2.75, 3.05) is 31.1 Å². The molecule has 4 heterocycles. The van der Waals surface area contributed by atoms with Crippen molar-refractivity contribution in [3.8, 4) is 0 Å².